The lowest BCUT2D eigenvalue weighted by atomic mass is 9.82. The molecule has 9 aromatic rings. The Labute approximate surface area is 292 Å². The average Bonchev–Trinajstić information content (AvgIpc) is 3.41. The number of anilines is 3. The van der Waals surface area contributed by atoms with Crippen LogP contribution in [0.25, 0.3) is 65.3 Å². The van der Waals surface area contributed by atoms with Gasteiger partial charge in [0.1, 0.15) is 0 Å². The van der Waals surface area contributed by atoms with Crippen LogP contribution in [0.3, 0.4) is 0 Å². The van der Waals surface area contributed by atoms with Gasteiger partial charge in [0, 0.05) is 22.1 Å². The van der Waals surface area contributed by atoms with Gasteiger partial charge >= 0.3 is 0 Å². The quantitative estimate of drug-likeness (QED) is 0.174. The van der Waals surface area contributed by atoms with Crippen LogP contribution >= 0.6 is 0 Å². The molecule has 50 heavy (non-hydrogen) atoms. The van der Waals surface area contributed by atoms with Crippen molar-refractivity contribution in [3.8, 4) is 22.3 Å². The van der Waals surface area contributed by atoms with Crippen LogP contribution in [0.1, 0.15) is 25.0 Å². The maximum atomic E-state index is 2.52. The van der Waals surface area contributed by atoms with Crippen LogP contribution in [-0.2, 0) is 5.41 Å². The summed E-state index contributed by atoms with van der Waals surface area (Å²) in [4.78, 5) is 2.52. The molecule has 0 heterocycles. The highest BCUT2D eigenvalue weighted by Crippen LogP contribution is 2.55. The fourth-order valence-corrected chi connectivity index (χ4v) is 8.53. The van der Waals surface area contributed by atoms with Crippen LogP contribution in [0, 0.1) is 0 Å². The van der Waals surface area contributed by atoms with Gasteiger partial charge < -0.3 is 4.90 Å². The fourth-order valence-electron chi connectivity index (χ4n) is 8.53. The Morgan fingerprint density at radius 3 is 1.84 bits per heavy atom. The third kappa shape index (κ3) is 4.27. The number of hydrogen-bond donors (Lipinski definition) is 0. The second-order valence-corrected chi connectivity index (χ2v) is 14.1. The summed E-state index contributed by atoms with van der Waals surface area (Å²) >= 11 is 0. The molecule has 236 valence electrons. The van der Waals surface area contributed by atoms with Crippen molar-refractivity contribution in [3.05, 3.63) is 187 Å². The molecule has 0 unspecified atom stereocenters. The van der Waals surface area contributed by atoms with E-state index in [1.165, 1.54) is 87.8 Å². The molecule has 10 rings (SSSR count). The van der Waals surface area contributed by atoms with E-state index < -0.39 is 0 Å². The van der Waals surface area contributed by atoms with Gasteiger partial charge in [-0.3, -0.25) is 0 Å². The molecule has 1 heteroatoms. The Hall–Kier alpha value is -6.18. The molecular formula is C49H35N. The fraction of sp³-hybridized carbons (Fsp3) is 0.0612. The van der Waals surface area contributed by atoms with Crippen molar-refractivity contribution in [2.24, 2.45) is 0 Å². The van der Waals surface area contributed by atoms with E-state index in [0.717, 1.165) is 5.69 Å². The summed E-state index contributed by atoms with van der Waals surface area (Å²) < 4.78 is 0. The summed E-state index contributed by atoms with van der Waals surface area (Å²) in [6, 6.07) is 65.0. The first-order valence-corrected chi connectivity index (χ1v) is 17.5. The summed E-state index contributed by atoms with van der Waals surface area (Å²) in [7, 11) is 0. The third-order valence-electron chi connectivity index (χ3n) is 11.0. The summed E-state index contributed by atoms with van der Waals surface area (Å²) in [6.45, 7) is 4.73. The second kappa shape index (κ2) is 10.9. The summed E-state index contributed by atoms with van der Waals surface area (Å²) in [5.74, 6) is 0. The molecular weight excluding hydrogens is 603 g/mol. The zero-order valence-electron chi connectivity index (χ0n) is 28.2. The Balaban J connectivity index is 1.26. The first kappa shape index (κ1) is 28.8. The topological polar surface area (TPSA) is 3.24 Å². The van der Waals surface area contributed by atoms with Crippen LogP contribution in [0.2, 0.25) is 0 Å². The van der Waals surface area contributed by atoms with E-state index in [1.54, 1.807) is 0 Å². The zero-order chi connectivity index (χ0) is 33.4. The lowest BCUT2D eigenvalue weighted by Gasteiger charge is -2.30. The Morgan fingerprint density at radius 1 is 0.380 bits per heavy atom. The molecule has 0 atom stereocenters. The molecule has 9 aromatic carbocycles. The summed E-state index contributed by atoms with van der Waals surface area (Å²) in [5, 5.41) is 10.1. The maximum absolute atomic E-state index is 2.52. The predicted octanol–water partition coefficient (Wildman–Crippen LogP) is 13.7. The average molecular weight is 638 g/mol. The van der Waals surface area contributed by atoms with Crippen molar-refractivity contribution in [2.75, 3.05) is 4.90 Å². The third-order valence-corrected chi connectivity index (χ3v) is 11.0. The van der Waals surface area contributed by atoms with Gasteiger partial charge in [-0.1, -0.05) is 159 Å². The highest BCUT2D eigenvalue weighted by atomic mass is 15.1. The van der Waals surface area contributed by atoms with E-state index in [1.807, 2.05) is 0 Å². The first-order valence-electron chi connectivity index (χ1n) is 17.5. The highest BCUT2D eigenvalue weighted by Gasteiger charge is 2.37. The van der Waals surface area contributed by atoms with E-state index in [4.69, 9.17) is 0 Å². The van der Waals surface area contributed by atoms with Gasteiger partial charge in [0.15, 0.2) is 0 Å². The minimum absolute atomic E-state index is 0.102. The molecule has 0 saturated heterocycles. The molecule has 0 saturated carbocycles. The zero-order valence-corrected chi connectivity index (χ0v) is 28.2. The molecule has 0 amide bonds. The lowest BCUT2D eigenvalue weighted by Crippen LogP contribution is -2.16. The summed E-state index contributed by atoms with van der Waals surface area (Å²) in [6.07, 6.45) is 0. The van der Waals surface area contributed by atoms with Crippen LogP contribution < -0.4 is 4.90 Å². The van der Waals surface area contributed by atoms with Crippen LogP contribution in [0.5, 0.6) is 0 Å². The van der Waals surface area contributed by atoms with Gasteiger partial charge in [0.25, 0.3) is 0 Å². The lowest BCUT2D eigenvalue weighted by molar-refractivity contribution is 0.660. The van der Waals surface area contributed by atoms with Crippen molar-refractivity contribution in [3.63, 3.8) is 0 Å². The largest absolute Gasteiger partial charge is 0.309 e. The highest BCUT2D eigenvalue weighted by molar-refractivity contribution is 6.21. The van der Waals surface area contributed by atoms with E-state index >= 15 is 0 Å². The van der Waals surface area contributed by atoms with Crippen LogP contribution in [0.4, 0.5) is 17.1 Å². The standard InChI is InChI=1S/C49H35N/c1-49(2)44-19-10-9-18-42(44)48-45(49)20-11-21-46(48)50(37-27-24-33(25-28-37)36-23-22-32-12-3-4-14-35(32)30-36)47-31-43-38-15-6-5-13-34(38)26-29-40(43)39-16-7-8-17-41(39)47/h3-31H,1-2H3. The Bertz CT molecular complexity index is 2790. The number of fused-ring (bicyclic) bond motifs is 9. The molecule has 0 spiro atoms. The molecule has 1 nitrogen and oxygen atoms in total. The van der Waals surface area contributed by atoms with Gasteiger partial charge in [0.2, 0.25) is 0 Å². The number of nitrogens with zero attached hydrogens (tertiary/aromatic N) is 1. The van der Waals surface area contributed by atoms with Crippen LogP contribution in [0.15, 0.2) is 176 Å². The van der Waals surface area contributed by atoms with Crippen molar-refractivity contribution in [1.82, 2.24) is 0 Å². The minimum atomic E-state index is -0.102. The van der Waals surface area contributed by atoms with Gasteiger partial charge in [-0.15, -0.1) is 0 Å². The van der Waals surface area contributed by atoms with Crippen molar-refractivity contribution in [1.29, 1.82) is 0 Å². The predicted molar refractivity (Wildman–Crippen MR) is 214 cm³/mol. The number of hydrogen-bond acceptors (Lipinski definition) is 1. The van der Waals surface area contributed by atoms with E-state index in [9.17, 15) is 0 Å². The Morgan fingerprint density at radius 2 is 1.00 bits per heavy atom. The summed E-state index contributed by atoms with van der Waals surface area (Å²) in [5.41, 5.74) is 11.2. The molecule has 1 aliphatic carbocycles. The van der Waals surface area contributed by atoms with Gasteiger partial charge in [0.05, 0.1) is 11.4 Å². The van der Waals surface area contributed by atoms with Gasteiger partial charge in [-0.25, -0.2) is 0 Å². The second-order valence-electron chi connectivity index (χ2n) is 14.1. The number of benzene rings is 9. The Kier molecular flexibility index (Phi) is 6.29. The SMILES string of the molecule is CC1(C)c2ccccc2-c2c(N(c3ccc(-c4ccc5ccccc5c4)cc3)c3cc4c5ccccc5ccc4c4ccccc34)cccc21. The van der Waals surface area contributed by atoms with Crippen molar-refractivity contribution >= 4 is 60.2 Å². The monoisotopic (exact) mass is 637 g/mol. The minimum Gasteiger partial charge on any atom is -0.309 e. The molecule has 0 N–H and O–H groups in total. The molecule has 0 aromatic heterocycles. The molecule has 0 fully saturated rings. The molecule has 1 aliphatic rings. The first-order chi connectivity index (χ1) is 24.6. The van der Waals surface area contributed by atoms with E-state index in [-0.39, 0.29) is 5.41 Å². The normalized spacial score (nSPS) is 13.2. The maximum Gasteiger partial charge on any atom is 0.0546 e. The van der Waals surface area contributed by atoms with E-state index in [0.29, 0.717) is 0 Å². The van der Waals surface area contributed by atoms with Gasteiger partial charge in [-0.2, -0.15) is 0 Å². The van der Waals surface area contributed by atoms with E-state index in [2.05, 4.69) is 195 Å². The molecule has 0 aliphatic heterocycles. The van der Waals surface area contributed by atoms with Crippen LogP contribution in [-0.4, -0.2) is 0 Å². The molecule has 0 radical (unpaired) electrons. The smallest absolute Gasteiger partial charge is 0.0546 e. The molecule has 0 bridgehead atoms. The van der Waals surface area contributed by atoms with Crippen molar-refractivity contribution < 1.29 is 0 Å². The van der Waals surface area contributed by atoms with Crippen molar-refractivity contribution in [2.45, 2.75) is 19.3 Å². The number of rotatable bonds is 4. The van der Waals surface area contributed by atoms with Gasteiger partial charge in [-0.05, 0) is 95.9 Å².